The van der Waals surface area contributed by atoms with Crippen LogP contribution in [-0.2, 0) is 4.79 Å². The number of carbonyl (C=O) groups is 1. The topological polar surface area (TPSA) is 46.3 Å². The summed E-state index contributed by atoms with van der Waals surface area (Å²) < 4.78 is 0. The molecule has 0 aromatic rings. The van der Waals surface area contributed by atoms with E-state index in [-0.39, 0.29) is 11.3 Å². The van der Waals surface area contributed by atoms with E-state index in [1.54, 1.807) is 0 Å². The highest BCUT2D eigenvalue weighted by molar-refractivity contribution is 5.82. The molecule has 1 fully saturated rings. The van der Waals surface area contributed by atoms with Crippen LogP contribution in [0.1, 0.15) is 33.1 Å². The van der Waals surface area contributed by atoms with Gasteiger partial charge in [0.25, 0.3) is 0 Å². The number of nitrogens with zero attached hydrogens (tertiary/aromatic N) is 1. The van der Waals surface area contributed by atoms with Crippen molar-refractivity contribution in [3.63, 3.8) is 0 Å². The maximum atomic E-state index is 12.0. The van der Waals surface area contributed by atoms with Crippen LogP contribution in [-0.4, -0.2) is 30.4 Å². The zero-order valence-corrected chi connectivity index (χ0v) is 8.84. The zero-order chi connectivity index (χ0) is 10.1. The van der Waals surface area contributed by atoms with Crippen LogP contribution in [0.3, 0.4) is 0 Å². The molecule has 2 N–H and O–H groups in total. The van der Waals surface area contributed by atoms with Crippen molar-refractivity contribution in [2.24, 2.45) is 11.1 Å². The number of hydrogen-bond acceptors (Lipinski definition) is 2. The number of hydrogen-bond donors (Lipinski definition) is 1. The highest BCUT2D eigenvalue weighted by Gasteiger charge is 2.38. The first-order chi connectivity index (χ1) is 6.05. The van der Waals surface area contributed by atoms with Crippen LogP contribution in [0, 0.1) is 5.41 Å². The fourth-order valence-electron chi connectivity index (χ4n) is 1.44. The van der Waals surface area contributed by atoms with E-state index in [9.17, 15) is 4.79 Å². The van der Waals surface area contributed by atoms with Gasteiger partial charge in [-0.15, -0.1) is 0 Å². The lowest BCUT2D eigenvalue weighted by Gasteiger charge is -2.30. The summed E-state index contributed by atoms with van der Waals surface area (Å²) in [5, 5.41) is 0. The Morgan fingerprint density at radius 1 is 1.62 bits per heavy atom. The summed E-state index contributed by atoms with van der Waals surface area (Å²) >= 11 is 0. The second kappa shape index (κ2) is 3.66. The van der Waals surface area contributed by atoms with Crippen molar-refractivity contribution < 1.29 is 4.79 Å². The van der Waals surface area contributed by atoms with Gasteiger partial charge in [0.2, 0.25) is 5.91 Å². The predicted molar refractivity (Wildman–Crippen MR) is 53.2 cm³/mol. The molecule has 1 saturated carbocycles. The van der Waals surface area contributed by atoms with Crippen molar-refractivity contribution in [2.45, 2.75) is 39.2 Å². The number of amides is 1. The molecule has 0 radical (unpaired) electrons. The Labute approximate surface area is 80.3 Å². The molecular weight excluding hydrogens is 164 g/mol. The Balaban J connectivity index is 2.62. The van der Waals surface area contributed by atoms with E-state index in [1.165, 1.54) is 0 Å². The molecule has 0 spiro atoms. The average Bonchev–Trinajstić information content (AvgIpc) is 2.97. The Bertz CT molecular complexity index is 195. The molecule has 1 aliphatic carbocycles. The second-order valence-electron chi connectivity index (χ2n) is 4.27. The van der Waals surface area contributed by atoms with Crippen molar-refractivity contribution in [2.75, 3.05) is 13.6 Å². The van der Waals surface area contributed by atoms with E-state index in [0.29, 0.717) is 12.6 Å². The third-order valence-electron chi connectivity index (χ3n) is 3.16. The molecular formula is C10H20N2O. The second-order valence-corrected chi connectivity index (χ2v) is 4.27. The number of carbonyl (C=O) groups excluding carboxylic acids is 1. The van der Waals surface area contributed by atoms with Gasteiger partial charge < -0.3 is 10.6 Å². The zero-order valence-electron chi connectivity index (χ0n) is 8.84. The van der Waals surface area contributed by atoms with Gasteiger partial charge in [0.05, 0.1) is 5.41 Å². The normalized spacial score (nSPS) is 20.9. The molecule has 13 heavy (non-hydrogen) atoms. The van der Waals surface area contributed by atoms with Gasteiger partial charge in [0.15, 0.2) is 0 Å². The van der Waals surface area contributed by atoms with E-state index in [2.05, 4.69) is 0 Å². The Kier molecular flexibility index (Phi) is 2.96. The highest BCUT2D eigenvalue weighted by atomic mass is 16.2. The quantitative estimate of drug-likeness (QED) is 0.708. The molecule has 1 unspecified atom stereocenters. The van der Waals surface area contributed by atoms with Gasteiger partial charge in [0, 0.05) is 19.6 Å². The third-order valence-corrected chi connectivity index (χ3v) is 3.16. The average molecular weight is 184 g/mol. The Morgan fingerprint density at radius 2 is 2.15 bits per heavy atom. The first-order valence-corrected chi connectivity index (χ1v) is 5.02. The van der Waals surface area contributed by atoms with Crippen LogP contribution in [0.5, 0.6) is 0 Å². The van der Waals surface area contributed by atoms with Gasteiger partial charge >= 0.3 is 0 Å². The van der Waals surface area contributed by atoms with Gasteiger partial charge in [-0.1, -0.05) is 6.92 Å². The molecule has 1 amide bonds. The molecule has 1 aliphatic rings. The molecule has 0 saturated heterocycles. The van der Waals surface area contributed by atoms with Crippen LogP contribution in [0.15, 0.2) is 0 Å². The SMILES string of the molecule is CCC(C)(CN)C(=O)N(C)C1CC1. The molecule has 0 heterocycles. The lowest BCUT2D eigenvalue weighted by molar-refractivity contribution is -0.140. The number of rotatable bonds is 4. The van der Waals surface area contributed by atoms with Crippen LogP contribution < -0.4 is 5.73 Å². The fraction of sp³-hybridized carbons (Fsp3) is 0.900. The first kappa shape index (κ1) is 10.5. The van der Waals surface area contributed by atoms with Crippen molar-refractivity contribution in [3.05, 3.63) is 0 Å². The highest BCUT2D eigenvalue weighted by Crippen LogP contribution is 2.30. The monoisotopic (exact) mass is 184 g/mol. The molecule has 3 nitrogen and oxygen atoms in total. The Morgan fingerprint density at radius 3 is 2.46 bits per heavy atom. The molecule has 0 bridgehead atoms. The van der Waals surface area contributed by atoms with Crippen molar-refractivity contribution in [3.8, 4) is 0 Å². The minimum atomic E-state index is -0.350. The van der Waals surface area contributed by atoms with E-state index < -0.39 is 0 Å². The third kappa shape index (κ3) is 2.02. The van der Waals surface area contributed by atoms with Gasteiger partial charge in [0.1, 0.15) is 0 Å². The summed E-state index contributed by atoms with van der Waals surface area (Å²) in [6.45, 7) is 4.42. The summed E-state index contributed by atoms with van der Waals surface area (Å²) in [6, 6.07) is 0.491. The van der Waals surface area contributed by atoms with Crippen LogP contribution in [0.4, 0.5) is 0 Å². The minimum Gasteiger partial charge on any atom is -0.342 e. The molecule has 1 rings (SSSR count). The van der Waals surface area contributed by atoms with Gasteiger partial charge in [-0.25, -0.2) is 0 Å². The summed E-state index contributed by atoms with van der Waals surface area (Å²) in [4.78, 5) is 13.8. The van der Waals surface area contributed by atoms with Crippen LogP contribution in [0.25, 0.3) is 0 Å². The molecule has 76 valence electrons. The van der Waals surface area contributed by atoms with Crippen LogP contribution >= 0.6 is 0 Å². The smallest absolute Gasteiger partial charge is 0.229 e. The Hall–Kier alpha value is -0.570. The maximum absolute atomic E-state index is 12.0. The van der Waals surface area contributed by atoms with E-state index in [0.717, 1.165) is 19.3 Å². The van der Waals surface area contributed by atoms with Crippen molar-refractivity contribution in [1.29, 1.82) is 0 Å². The van der Waals surface area contributed by atoms with E-state index in [1.807, 2.05) is 25.8 Å². The lowest BCUT2D eigenvalue weighted by atomic mass is 9.86. The maximum Gasteiger partial charge on any atom is 0.229 e. The van der Waals surface area contributed by atoms with Crippen molar-refractivity contribution in [1.82, 2.24) is 4.90 Å². The number of nitrogens with two attached hydrogens (primary N) is 1. The van der Waals surface area contributed by atoms with Crippen molar-refractivity contribution >= 4 is 5.91 Å². The minimum absolute atomic E-state index is 0.208. The fourth-order valence-corrected chi connectivity index (χ4v) is 1.44. The largest absolute Gasteiger partial charge is 0.342 e. The summed E-state index contributed by atoms with van der Waals surface area (Å²) in [7, 11) is 1.89. The summed E-state index contributed by atoms with van der Waals surface area (Å²) in [6.07, 6.45) is 3.14. The van der Waals surface area contributed by atoms with E-state index >= 15 is 0 Å². The molecule has 3 heteroatoms. The molecule has 0 aromatic carbocycles. The predicted octanol–water partition coefficient (Wildman–Crippen LogP) is 0.982. The first-order valence-electron chi connectivity index (χ1n) is 5.02. The lowest BCUT2D eigenvalue weighted by Crippen LogP contribution is -2.45. The van der Waals surface area contributed by atoms with Crippen LogP contribution in [0.2, 0.25) is 0 Å². The van der Waals surface area contributed by atoms with Gasteiger partial charge in [-0.2, -0.15) is 0 Å². The van der Waals surface area contributed by atoms with Gasteiger partial charge in [-0.3, -0.25) is 4.79 Å². The molecule has 1 atom stereocenters. The summed E-state index contributed by atoms with van der Waals surface area (Å²) in [5.41, 5.74) is 5.28. The van der Waals surface area contributed by atoms with E-state index in [4.69, 9.17) is 5.73 Å². The standard InChI is InChI=1S/C10H20N2O/c1-4-10(2,7-11)9(13)12(3)8-5-6-8/h8H,4-7,11H2,1-3H3. The molecule has 0 aromatic heterocycles. The summed E-state index contributed by atoms with van der Waals surface area (Å²) in [5.74, 6) is 0.208. The van der Waals surface area contributed by atoms with Gasteiger partial charge in [-0.05, 0) is 26.2 Å². The molecule has 0 aliphatic heterocycles.